The molecule has 104 valence electrons. The summed E-state index contributed by atoms with van der Waals surface area (Å²) >= 11 is 0. The van der Waals surface area contributed by atoms with Crippen molar-refractivity contribution < 1.29 is 18.3 Å². The van der Waals surface area contributed by atoms with E-state index >= 15 is 0 Å². The molecule has 8 heteroatoms. The molecule has 18 heavy (non-hydrogen) atoms. The third-order valence-corrected chi connectivity index (χ3v) is 4.64. The molecule has 7 nitrogen and oxygen atoms in total. The summed E-state index contributed by atoms with van der Waals surface area (Å²) in [6.07, 6.45) is 0. The highest BCUT2D eigenvalue weighted by atomic mass is 32.2. The second-order valence-corrected chi connectivity index (χ2v) is 5.91. The van der Waals surface area contributed by atoms with E-state index in [1.54, 1.807) is 13.8 Å². The first-order chi connectivity index (χ1) is 8.41. The number of hydrogen-bond donors (Lipinski definition) is 2. The minimum Gasteiger partial charge on any atom is -0.394 e. The first-order valence-electron chi connectivity index (χ1n) is 5.57. The van der Waals surface area contributed by atoms with E-state index in [0.717, 1.165) is 0 Å². The summed E-state index contributed by atoms with van der Waals surface area (Å²) in [5.41, 5.74) is 0.978. The van der Waals surface area contributed by atoms with Crippen LogP contribution in [0.3, 0.4) is 0 Å². The van der Waals surface area contributed by atoms with Gasteiger partial charge in [0.25, 0.3) is 0 Å². The molecule has 0 aliphatic heterocycles. The zero-order valence-electron chi connectivity index (χ0n) is 10.8. The van der Waals surface area contributed by atoms with Crippen LogP contribution in [0.1, 0.15) is 11.4 Å². The fourth-order valence-corrected chi connectivity index (χ4v) is 3.03. The molecule has 0 fully saturated rings. The summed E-state index contributed by atoms with van der Waals surface area (Å²) in [5.74, 6) is 0. The molecule has 0 unspecified atom stereocenters. The molecule has 2 N–H and O–H groups in total. The summed E-state index contributed by atoms with van der Waals surface area (Å²) in [6.45, 7) is 3.92. The molecule has 0 saturated carbocycles. The largest absolute Gasteiger partial charge is 0.394 e. The first-order valence-corrected chi connectivity index (χ1v) is 7.01. The summed E-state index contributed by atoms with van der Waals surface area (Å²) in [7, 11) is -2.06. The highest BCUT2D eigenvalue weighted by Gasteiger charge is 2.26. The number of H-pyrrole nitrogens is 1. The lowest BCUT2D eigenvalue weighted by Gasteiger charge is -2.17. The number of aromatic amines is 1. The molecular weight excluding hydrogens is 258 g/mol. The van der Waals surface area contributed by atoms with E-state index in [9.17, 15) is 8.42 Å². The van der Waals surface area contributed by atoms with Gasteiger partial charge in [0.2, 0.25) is 10.0 Å². The predicted octanol–water partition coefficient (Wildman–Crippen LogP) is -0.344. The fourth-order valence-electron chi connectivity index (χ4n) is 1.56. The number of nitrogens with one attached hydrogen (secondary N) is 1. The van der Waals surface area contributed by atoms with Crippen LogP contribution >= 0.6 is 0 Å². The second-order valence-electron chi connectivity index (χ2n) is 3.93. The molecule has 0 aromatic carbocycles. The van der Waals surface area contributed by atoms with Gasteiger partial charge in [-0.2, -0.15) is 9.40 Å². The van der Waals surface area contributed by atoms with Gasteiger partial charge >= 0.3 is 0 Å². The summed E-state index contributed by atoms with van der Waals surface area (Å²) in [5, 5.41) is 15.1. The number of aryl methyl sites for hydroxylation is 2. The van der Waals surface area contributed by atoms with Crippen molar-refractivity contribution in [2.75, 3.05) is 33.4 Å². The van der Waals surface area contributed by atoms with Crippen LogP contribution in [0.2, 0.25) is 0 Å². The Morgan fingerprint density at radius 3 is 2.56 bits per heavy atom. The molecule has 1 rings (SSSR count). The monoisotopic (exact) mass is 277 g/mol. The quantitative estimate of drug-likeness (QED) is 0.665. The van der Waals surface area contributed by atoms with Crippen LogP contribution in [-0.2, 0) is 14.8 Å². The number of sulfonamides is 1. The number of aromatic nitrogens is 2. The van der Waals surface area contributed by atoms with E-state index in [2.05, 4.69) is 10.2 Å². The molecule has 0 bridgehead atoms. The van der Waals surface area contributed by atoms with Gasteiger partial charge in [0.15, 0.2) is 0 Å². The molecule has 1 aromatic rings. The lowest BCUT2D eigenvalue weighted by atomic mass is 10.4. The molecule has 1 heterocycles. The fraction of sp³-hybridized carbons (Fsp3) is 0.700. The van der Waals surface area contributed by atoms with Gasteiger partial charge in [-0.15, -0.1) is 0 Å². The van der Waals surface area contributed by atoms with Gasteiger partial charge in [0.1, 0.15) is 4.90 Å². The third-order valence-electron chi connectivity index (χ3n) is 2.51. The molecule has 0 aliphatic rings. The number of aliphatic hydroxyl groups is 1. The lowest BCUT2D eigenvalue weighted by Crippen LogP contribution is -2.31. The van der Waals surface area contributed by atoms with E-state index in [1.165, 1.54) is 11.4 Å². The number of aliphatic hydroxyl groups excluding tert-OH is 1. The van der Waals surface area contributed by atoms with Crippen LogP contribution in [-0.4, -0.2) is 61.4 Å². The highest BCUT2D eigenvalue weighted by Crippen LogP contribution is 2.20. The second kappa shape index (κ2) is 6.28. The van der Waals surface area contributed by atoms with E-state index in [0.29, 0.717) is 11.4 Å². The summed E-state index contributed by atoms with van der Waals surface area (Å²) in [6, 6.07) is 0. The molecule has 0 saturated heterocycles. The van der Waals surface area contributed by atoms with Gasteiger partial charge in [-0.3, -0.25) is 5.10 Å². The maximum absolute atomic E-state index is 12.3. The standard InChI is InChI=1S/C10H19N3O4S/c1-8-10(9(2)12-11-8)18(15,16)13(3)4-6-17-7-5-14/h14H,4-7H2,1-3H3,(H,11,12). The number of hydrogen-bond acceptors (Lipinski definition) is 5. The van der Waals surface area contributed by atoms with Gasteiger partial charge < -0.3 is 9.84 Å². The van der Waals surface area contributed by atoms with Crippen molar-refractivity contribution in [3.05, 3.63) is 11.4 Å². The summed E-state index contributed by atoms with van der Waals surface area (Å²) < 4.78 is 30.8. The van der Waals surface area contributed by atoms with Crippen LogP contribution in [0.25, 0.3) is 0 Å². The van der Waals surface area contributed by atoms with Crippen LogP contribution in [0.15, 0.2) is 4.90 Å². The lowest BCUT2D eigenvalue weighted by molar-refractivity contribution is 0.0876. The van der Waals surface area contributed by atoms with Crippen LogP contribution < -0.4 is 0 Å². The molecule has 0 radical (unpaired) electrons. The Hall–Kier alpha value is -0.960. The van der Waals surface area contributed by atoms with Crippen molar-refractivity contribution in [2.24, 2.45) is 0 Å². The molecule has 0 amide bonds. The van der Waals surface area contributed by atoms with Crippen LogP contribution in [0.4, 0.5) is 0 Å². The number of ether oxygens (including phenoxy) is 1. The van der Waals surface area contributed by atoms with Crippen molar-refractivity contribution in [1.82, 2.24) is 14.5 Å². The minimum atomic E-state index is -3.55. The number of rotatable bonds is 7. The zero-order chi connectivity index (χ0) is 13.8. The Morgan fingerprint density at radius 2 is 2.06 bits per heavy atom. The van der Waals surface area contributed by atoms with Crippen molar-refractivity contribution >= 4 is 10.0 Å². The van der Waals surface area contributed by atoms with E-state index in [1.807, 2.05) is 0 Å². The van der Waals surface area contributed by atoms with Crippen molar-refractivity contribution in [2.45, 2.75) is 18.7 Å². The predicted molar refractivity (Wildman–Crippen MR) is 65.8 cm³/mol. The molecule has 0 aliphatic carbocycles. The highest BCUT2D eigenvalue weighted by molar-refractivity contribution is 7.89. The molecule has 0 spiro atoms. The van der Waals surface area contributed by atoms with E-state index < -0.39 is 10.0 Å². The van der Waals surface area contributed by atoms with Crippen molar-refractivity contribution in [1.29, 1.82) is 0 Å². The third kappa shape index (κ3) is 3.29. The van der Waals surface area contributed by atoms with Gasteiger partial charge in [0.05, 0.1) is 31.2 Å². The molecule has 1 aromatic heterocycles. The molecular formula is C10H19N3O4S. The Kier molecular flexibility index (Phi) is 5.27. The molecule has 0 atom stereocenters. The Balaban J connectivity index is 2.75. The zero-order valence-corrected chi connectivity index (χ0v) is 11.6. The van der Waals surface area contributed by atoms with E-state index in [-0.39, 0.29) is 31.3 Å². The van der Waals surface area contributed by atoms with Gasteiger partial charge in [-0.1, -0.05) is 0 Å². The average Bonchev–Trinajstić information content (AvgIpc) is 2.64. The number of nitrogens with zero attached hydrogens (tertiary/aromatic N) is 2. The Morgan fingerprint density at radius 1 is 1.39 bits per heavy atom. The smallest absolute Gasteiger partial charge is 0.246 e. The van der Waals surface area contributed by atoms with Crippen molar-refractivity contribution in [3.63, 3.8) is 0 Å². The Bertz CT molecular complexity index is 464. The maximum Gasteiger partial charge on any atom is 0.246 e. The van der Waals surface area contributed by atoms with Gasteiger partial charge in [0, 0.05) is 13.6 Å². The number of likely N-dealkylation sites (N-methyl/N-ethyl adjacent to an activating group) is 1. The van der Waals surface area contributed by atoms with Crippen LogP contribution in [0, 0.1) is 13.8 Å². The SMILES string of the molecule is Cc1n[nH]c(C)c1S(=O)(=O)N(C)CCOCCO. The minimum absolute atomic E-state index is 0.0730. The van der Waals surface area contributed by atoms with Crippen LogP contribution in [0.5, 0.6) is 0 Å². The average molecular weight is 277 g/mol. The normalized spacial score (nSPS) is 12.3. The van der Waals surface area contributed by atoms with Gasteiger partial charge in [-0.25, -0.2) is 8.42 Å². The maximum atomic E-state index is 12.3. The van der Waals surface area contributed by atoms with Crippen molar-refractivity contribution in [3.8, 4) is 0 Å². The summed E-state index contributed by atoms with van der Waals surface area (Å²) in [4.78, 5) is 0.215. The Labute approximate surface area is 107 Å². The first kappa shape index (κ1) is 15.1. The van der Waals surface area contributed by atoms with Gasteiger partial charge in [-0.05, 0) is 13.8 Å². The topological polar surface area (TPSA) is 95.5 Å². The van der Waals surface area contributed by atoms with E-state index in [4.69, 9.17) is 9.84 Å².